The average molecular weight is 601 g/mol. The van der Waals surface area contributed by atoms with Crippen molar-refractivity contribution < 1.29 is 28.2 Å². The van der Waals surface area contributed by atoms with Crippen molar-refractivity contribution in [2.75, 3.05) is 37.0 Å². The van der Waals surface area contributed by atoms with E-state index in [9.17, 15) is 23.4 Å². The van der Waals surface area contributed by atoms with Crippen molar-refractivity contribution >= 4 is 33.2 Å². The molecule has 220 valence electrons. The molecule has 6 rings (SSSR count). The summed E-state index contributed by atoms with van der Waals surface area (Å²) >= 11 is 6.36. The van der Waals surface area contributed by atoms with Crippen LogP contribution in [-0.4, -0.2) is 62.7 Å². The largest absolute Gasteiger partial charge is 0.490 e. The lowest BCUT2D eigenvalue weighted by Gasteiger charge is -2.45. The first-order valence-corrected chi connectivity index (χ1v) is 16.5. The van der Waals surface area contributed by atoms with Gasteiger partial charge in [0.1, 0.15) is 5.75 Å². The minimum atomic E-state index is -4.00. The summed E-state index contributed by atoms with van der Waals surface area (Å²) in [6, 6.07) is 11.2. The van der Waals surface area contributed by atoms with Gasteiger partial charge in [0.2, 0.25) is 10.0 Å². The number of nitrogens with zero attached hydrogens (tertiary/aromatic N) is 1. The van der Waals surface area contributed by atoms with E-state index in [0.29, 0.717) is 25.4 Å². The molecule has 41 heavy (non-hydrogen) atoms. The molecule has 2 aromatic carbocycles. The predicted octanol–water partition coefficient (Wildman–Crippen LogP) is 3.83. The van der Waals surface area contributed by atoms with Crippen molar-refractivity contribution in [3.05, 3.63) is 70.3 Å². The molecular weight excluding hydrogens is 564 g/mol. The van der Waals surface area contributed by atoms with Gasteiger partial charge in [-0.2, -0.15) is 0 Å². The summed E-state index contributed by atoms with van der Waals surface area (Å²) in [5, 5.41) is 21.5. The van der Waals surface area contributed by atoms with Gasteiger partial charge in [-0.1, -0.05) is 29.8 Å². The van der Waals surface area contributed by atoms with Crippen molar-refractivity contribution in [2.45, 2.75) is 50.0 Å². The molecule has 2 aliphatic carbocycles. The van der Waals surface area contributed by atoms with E-state index in [1.165, 1.54) is 11.1 Å². The van der Waals surface area contributed by atoms with Gasteiger partial charge in [0.05, 0.1) is 24.2 Å². The van der Waals surface area contributed by atoms with E-state index < -0.39 is 33.7 Å². The molecule has 2 aromatic rings. The lowest BCUT2D eigenvalue weighted by molar-refractivity contribution is 0.0455. The van der Waals surface area contributed by atoms with E-state index in [-0.39, 0.29) is 35.8 Å². The molecule has 2 aliphatic heterocycles. The number of halogens is 1. The first-order chi connectivity index (χ1) is 19.7. The first kappa shape index (κ1) is 28.5. The highest BCUT2D eigenvalue weighted by molar-refractivity contribution is 7.90. The Morgan fingerprint density at radius 3 is 2.80 bits per heavy atom. The zero-order valence-electron chi connectivity index (χ0n) is 23.0. The minimum Gasteiger partial charge on any atom is -0.490 e. The molecule has 10 heteroatoms. The van der Waals surface area contributed by atoms with Crippen LogP contribution < -0.4 is 14.4 Å². The van der Waals surface area contributed by atoms with E-state index >= 15 is 0 Å². The number of nitrogens with one attached hydrogen (secondary N) is 1. The van der Waals surface area contributed by atoms with Gasteiger partial charge in [0.25, 0.3) is 5.91 Å². The van der Waals surface area contributed by atoms with E-state index in [0.717, 1.165) is 42.8 Å². The smallest absolute Gasteiger partial charge is 0.264 e. The van der Waals surface area contributed by atoms with Crippen molar-refractivity contribution in [2.24, 2.45) is 17.8 Å². The number of anilines is 1. The topological polar surface area (TPSA) is 116 Å². The number of hydrogen-bond donors (Lipinski definition) is 3. The molecule has 0 unspecified atom stereocenters. The van der Waals surface area contributed by atoms with E-state index in [1.54, 1.807) is 30.4 Å². The fraction of sp³-hybridized carbons (Fsp3) is 0.516. The first-order valence-electron chi connectivity index (χ1n) is 14.5. The van der Waals surface area contributed by atoms with E-state index in [1.807, 2.05) is 6.07 Å². The third-order valence-corrected chi connectivity index (χ3v) is 11.1. The Labute approximate surface area is 246 Å². The van der Waals surface area contributed by atoms with Crippen LogP contribution in [0.2, 0.25) is 5.02 Å². The Morgan fingerprint density at radius 1 is 1.17 bits per heavy atom. The van der Waals surface area contributed by atoms with Gasteiger partial charge in [-0.15, -0.1) is 0 Å². The highest BCUT2D eigenvalue weighted by Crippen LogP contribution is 2.46. The van der Waals surface area contributed by atoms with Crippen LogP contribution in [0.25, 0.3) is 0 Å². The third-order valence-electron chi connectivity index (χ3n) is 9.43. The van der Waals surface area contributed by atoms with E-state index in [2.05, 4.69) is 21.8 Å². The molecule has 2 bridgehead atoms. The number of aliphatic hydroxyl groups excluding tert-OH is 2. The number of sulfonamides is 1. The van der Waals surface area contributed by atoms with Crippen LogP contribution in [0.3, 0.4) is 0 Å². The van der Waals surface area contributed by atoms with Crippen LogP contribution in [0, 0.1) is 17.8 Å². The van der Waals surface area contributed by atoms with Gasteiger partial charge in [0.15, 0.2) is 0 Å². The van der Waals surface area contributed by atoms with Crippen LogP contribution in [0.5, 0.6) is 5.75 Å². The van der Waals surface area contributed by atoms with Gasteiger partial charge in [-0.3, -0.25) is 4.79 Å². The minimum absolute atomic E-state index is 0.0722. The average Bonchev–Trinajstić information content (AvgIpc) is 3.06. The zero-order valence-corrected chi connectivity index (χ0v) is 24.5. The molecule has 3 N–H and O–H groups in total. The number of allylic oxidation sites excluding steroid dienone is 1. The van der Waals surface area contributed by atoms with Crippen LogP contribution in [-0.2, 0) is 21.9 Å². The fourth-order valence-corrected chi connectivity index (χ4v) is 8.65. The summed E-state index contributed by atoms with van der Waals surface area (Å²) < 4.78 is 34.4. The summed E-state index contributed by atoms with van der Waals surface area (Å²) in [5.74, 6) is -0.725. The Morgan fingerprint density at radius 2 is 2.02 bits per heavy atom. The summed E-state index contributed by atoms with van der Waals surface area (Å²) in [7, 11) is -4.00. The monoisotopic (exact) mass is 600 g/mol. The molecule has 0 saturated heterocycles. The van der Waals surface area contributed by atoms with Gasteiger partial charge in [-0.25, -0.2) is 13.1 Å². The standard InChI is InChI=1S/C31H37ClN2O6S/c32-24-8-10-26-21(13-24)4-2-12-31(26)18-34-15-23-6-9-25(23)28(36)5-1-3-20(16-35)17-41(38,39)33-30(37)22-7-11-29(40-19-31)27(34)14-22/h1,5,7-8,10-11,13-14,20,23,25,28,35-36H,2-4,6,9,12,15-19H2,(H,33,37)/b5-1-/t20-,23+,25-,28-,31+/m1/s1. The molecule has 1 fully saturated rings. The summed E-state index contributed by atoms with van der Waals surface area (Å²) in [4.78, 5) is 15.5. The number of carbonyl (C=O) groups excluding carboxylic acids is 1. The molecule has 0 aromatic heterocycles. The van der Waals surface area contributed by atoms with Crippen molar-refractivity contribution in [3.8, 4) is 5.75 Å². The molecule has 2 heterocycles. The van der Waals surface area contributed by atoms with Crippen LogP contribution in [0.15, 0.2) is 48.6 Å². The maximum atomic E-state index is 13.2. The van der Waals surface area contributed by atoms with Gasteiger partial charge in [0, 0.05) is 41.6 Å². The van der Waals surface area contributed by atoms with Crippen LogP contribution in [0.1, 0.15) is 53.6 Å². The predicted molar refractivity (Wildman–Crippen MR) is 158 cm³/mol. The number of aliphatic hydroxyl groups is 2. The Balaban J connectivity index is 1.41. The highest BCUT2D eigenvalue weighted by Gasteiger charge is 2.44. The number of amides is 1. The maximum absolute atomic E-state index is 13.2. The molecule has 4 aliphatic rings. The molecule has 5 atom stereocenters. The molecule has 1 saturated carbocycles. The van der Waals surface area contributed by atoms with Crippen molar-refractivity contribution in [1.82, 2.24) is 4.72 Å². The van der Waals surface area contributed by atoms with Crippen LogP contribution >= 0.6 is 11.6 Å². The number of ether oxygens (including phenoxy) is 1. The Bertz CT molecular complexity index is 1460. The molecule has 8 nitrogen and oxygen atoms in total. The zero-order chi connectivity index (χ0) is 28.8. The van der Waals surface area contributed by atoms with Crippen molar-refractivity contribution in [1.29, 1.82) is 0 Å². The fourth-order valence-electron chi connectivity index (χ4n) is 7.11. The summed E-state index contributed by atoms with van der Waals surface area (Å²) in [6.07, 6.45) is 7.93. The van der Waals surface area contributed by atoms with Gasteiger partial charge < -0.3 is 19.8 Å². The summed E-state index contributed by atoms with van der Waals surface area (Å²) in [6.45, 7) is 1.49. The second-order valence-electron chi connectivity index (χ2n) is 12.2. The SMILES string of the molecule is O=C1NS(=O)(=O)C[C@@H](CO)C/C=C\[C@@H](O)[C@@H]2CC[C@H]2CN2C[C@@]3(CCCc4cc(Cl)ccc43)COc3ccc1cc32. The third kappa shape index (κ3) is 5.74. The maximum Gasteiger partial charge on any atom is 0.264 e. The van der Waals surface area contributed by atoms with Crippen LogP contribution in [0.4, 0.5) is 5.69 Å². The lowest BCUT2D eigenvalue weighted by atomic mass is 9.68. The molecule has 1 spiro atoms. The Kier molecular flexibility index (Phi) is 7.82. The number of rotatable bonds is 1. The van der Waals surface area contributed by atoms with Crippen molar-refractivity contribution in [3.63, 3.8) is 0 Å². The number of benzene rings is 2. The summed E-state index contributed by atoms with van der Waals surface area (Å²) in [5.41, 5.74) is 3.18. The number of fused-ring (bicyclic) bond motifs is 4. The molecular formula is C31H37ClN2O6S. The highest BCUT2D eigenvalue weighted by atomic mass is 35.5. The Hall–Kier alpha value is -2.59. The second kappa shape index (κ2) is 11.2. The normalized spacial score (nSPS) is 32.0. The van der Waals surface area contributed by atoms with Gasteiger partial charge in [-0.05, 0) is 91.8 Å². The lowest BCUT2D eigenvalue weighted by Crippen LogP contribution is -2.49. The number of carbonyl (C=O) groups is 1. The number of aryl methyl sites for hydroxylation is 1. The molecule has 0 radical (unpaired) electrons. The van der Waals surface area contributed by atoms with E-state index in [4.69, 9.17) is 16.3 Å². The molecule has 1 amide bonds. The number of hydrogen-bond acceptors (Lipinski definition) is 7. The second-order valence-corrected chi connectivity index (χ2v) is 14.4. The quantitative estimate of drug-likeness (QED) is 0.426. The van der Waals surface area contributed by atoms with Gasteiger partial charge >= 0.3 is 0 Å².